The number of thioether (sulfide) groups is 1. The lowest BCUT2D eigenvalue weighted by Gasteiger charge is -2.51. The summed E-state index contributed by atoms with van der Waals surface area (Å²) in [4.78, 5) is 49.5. The van der Waals surface area contributed by atoms with Gasteiger partial charge in [0.05, 0.1) is 4.92 Å². The van der Waals surface area contributed by atoms with Crippen molar-refractivity contribution in [3.05, 3.63) is 74.2 Å². The van der Waals surface area contributed by atoms with Crippen LogP contribution < -0.4 is 0 Å². The van der Waals surface area contributed by atoms with Gasteiger partial charge in [0, 0.05) is 30.9 Å². The first-order valence-corrected chi connectivity index (χ1v) is 12.5. The highest BCUT2D eigenvalue weighted by molar-refractivity contribution is 9.10. The third-order valence-corrected chi connectivity index (χ3v) is 8.82. The molecule has 1 amide bonds. The van der Waals surface area contributed by atoms with Gasteiger partial charge in [-0.25, -0.2) is 4.79 Å². The van der Waals surface area contributed by atoms with Crippen LogP contribution >= 0.6 is 27.7 Å². The fourth-order valence-electron chi connectivity index (χ4n) is 4.42. The lowest BCUT2D eigenvalue weighted by Crippen LogP contribution is -2.70. The second-order valence-electron chi connectivity index (χ2n) is 8.37. The quantitative estimate of drug-likeness (QED) is 0.162. The zero-order chi connectivity index (χ0) is 24.9. The summed E-state index contributed by atoms with van der Waals surface area (Å²) in [5, 5.41) is 11.8. The Bertz CT molecular complexity index is 1250. The Morgan fingerprint density at radius 2 is 2.09 bits per heavy atom. The predicted molar refractivity (Wildman–Crippen MR) is 126 cm³/mol. The van der Waals surface area contributed by atoms with Gasteiger partial charge in [0.25, 0.3) is 11.6 Å². The highest BCUT2D eigenvalue weighted by Crippen LogP contribution is 2.58. The smallest absolute Gasteiger partial charge is 0.355 e. The number of aryl methyl sites for hydroxylation is 2. The Balaban J connectivity index is 1.30. The van der Waals surface area contributed by atoms with Crippen LogP contribution in [0.4, 0.5) is 5.69 Å². The van der Waals surface area contributed by atoms with Crippen LogP contribution in [0.2, 0.25) is 0 Å². The molecule has 2 aliphatic heterocycles. The molecule has 0 radical (unpaired) electrons. The third-order valence-electron chi connectivity index (χ3n) is 6.12. The molecule has 0 spiro atoms. The number of nitro groups is 1. The van der Waals surface area contributed by atoms with Crippen molar-refractivity contribution in [3.8, 4) is 0 Å². The summed E-state index contributed by atoms with van der Waals surface area (Å²) < 4.78 is 15.5. The first-order valence-electron chi connectivity index (χ1n) is 10.8. The number of β-lactam (4-membered cyclic amide) rings is 1. The highest BCUT2D eigenvalue weighted by atomic mass is 79.9. The minimum Gasteiger partial charge on any atom is -0.462 e. The average Bonchev–Trinajstić information content (AvgIpc) is 3.54. The standard InChI is InChI=1S/C23H19BrN2O8S/c1-12(27)33-19(18-9-14-3-2-4-17(14)34-18)23(24)21(29)25-16(11-35-22(23)25)20(28)32-10-13-5-7-15(8-6-13)26(30)31/h5-9,11,19,22H,2-4,10H2,1H3/t19?,22-,23?/m1/s1. The zero-order valence-corrected chi connectivity index (χ0v) is 20.8. The van der Waals surface area contributed by atoms with Gasteiger partial charge < -0.3 is 13.9 Å². The number of esters is 2. The van der Waals surface area contributed by atoms with Gasteiger partial charge >= 0.3 is 11.9 Å². The van der Waals surface area contributed by atoms with E-state index in [0.717, 1.165) is 30.6 Å². The van der Waals surface area contributed by atoms with E-state index in [1.54, 1.807) is 0 Å². The second kappa shape index (κ2) is 8.83. The Kier molecular flexibility index (Phi) is 5.96. The molecule has 1 aromatic carbocycles. The van der Waals surface area contributed by atoms with Crippen molar-refractivity contribution in [1.82, 2.24) is 4.90 Å². The molecule has 10 nitrogen and oxygen atoms in total. The minimum absolute atomic E-state index is 0.0678. The highest BCUT2D eigenvalue weighted by Gasteiger charge is 2.69. The number of benzene rings is 1. The number of carbonyl (C=O) groups excluding carboxylic acids is 3. The van der Waals surface area contributed by atoms with Gasteiger partial charge in [-0.2, -0.15) is 0 Å². The Labute approximate surface area is 211 Å². The minimum atomic E-state index is -1.31. The number of hydrogen-bond acceptors (Lipinski definition) is 9. The average molecular weight is 563 g/mol. The van der Waals surface area contributed by atoms with Gasteiger partial charge in [0.2, 0.25) is 0 Å². The molecule has 5 rings (SSSR count). The number of hydrogen-bond donors (Lipinski definition) is 0. The summed E-state index contributed by atoms with van der Waals surface area (Å²) in [6.45, 7) is 1.15. The van der Waals surface area contributed by atoms with Crippen LogP contribution in [0.1, 0.15) is 42.1 Å². The third kappa shape index (κ3) is 3.94. The molecule has 1 aromatic heterocycles. The largest absolute Gasteiger partial charge is 0.462 e. The molecule has 3 atom stereocenters. The zero-order valence-electron chi connectivity index (χ0n) is 18.4. The van der Waals surface area contributed by atoms with Crippen LogP contribution in [0, 0.1) is 10.1 Å². The first-order chi connectivity index (χ1) is 16.7. The van der Waals surface area contributed by atoms with Gasteiger partial charge in [-0.3, -0.25) is 24.6 Å². The van der Waals surface area contributed by atoms with E-state index >= 15 is 0 Å². The van der Waals surface area contributed by atoms with Crippen LogP contribution in [0.5, 0.6) is 0 Å². The first kappa shape index (κ1) is 23.6. The summed E-state index contributed by atoms with van der Waals surface area (Å²) in [5.41, 5.74) is 1.62. The van der Waals surface area contributed by atoms with Crippen LogP contribution in [0.25, 0.3) is 0 Å². The molecule has 2 aromatic rings. The van der Waals surface area contributed by atoms with Crippen molar-refractivity contribution in [1.29, 1.82) is 0 Å². The number of nitro benzene ring substituents is 1. The van der Waals surface area contributed by atoms with Crippen molar-refractivity contribution >= 4 is 51.2 Å². The molecule has 0 saturated carbocycles. The Morgan fingerprint density at radius 1 is 1.34 bits per heavy atom. The summed E-state index contributed by atoms with van der Waals surface area (Å²) in [6.07, 6.45) is 1.65. The van der Waals surface area contributed by atoms with Crippen LogP contribution in [-0.2, 0) is 43.3 Å². The maximum absolute atomic E-state index is 13.3. The molecule has 0 N–H and O–H groups in total. The molecule has 0 bridgehead atoms. The lowest BCUT2D eigenvalue weighted by atomic mass is 9.89. The van der Waals surface area contributed by atoms with Crippen LogP contribution in [0.3, 0.4) is 0 Å². The number of furan rings is 1. The van der Waals surface area contributed by atoms with Crippen molar-refractivity contribution in [2.45, 2.75) is 48.6 Å². The van der Waals surface area contributed by atoms with Gasteiger partial charge in [-0.15, -0.1) is 11.8 Å². The molecule has 1 saturated heterocycles. The predicted octanol–water partition coefficient (Wildman–Crippen LogP) is 3.91. The van der Waals surface area contributed by atoms with Crippen molar-refractivity contribution in [2.75, 3.05) is 0 Å². The number of non-ortho nitro benzene ring substituents is 1. The maximum Gasteiger partial charge on any atom is 0.355 e. The fourth-order valence-corrected chi connectivity index (χ4v) is 6.68. The topological polar surface area (TPSA) is 129 Å². The fraction of sp³-hybridized carbons (Fsp3) is 0.348. The number of carbonyl (C=O) groups is 3. The van der Waals surface area contributed by atoms with Crippen LogP contribution in [0.15, 0.2) is 45.9 Å². The number of alkyl halides is 1. The van der Waals surface area contributed by atoms with E-state index in [-0.39, 0.29) is 18.0 Å². The number of ether oxygens (including phenoxy) is 2. The normalized spacial score (nSPS) is 23.1. The van der Waals surface area contributed by atoms with Gasteiger partial charge in [0.1, 0.15) is 29.2 Å². The van der Waals surface area contributed by atoms with E-state index in [2.05, 4.69) is 15.9 Å². The molecule has 2 unspecified atom stereocenters. The van der Waals surface area contributed by atoms with E-state index in [0.29, 0.717) is 11.3 Å². The van der Waals surface area contributed by atoms with Gasteiger partial charge in [-0.05, 0) is 42.2 Å². The lowest BCUT2D eigenvalue weighted by molar-refractivity contribution is -0.384. The van der Waals surface area contributed by atoms with E-state index in [9.17, 15) is 24.5 Å². The second-order valence-corrected chi connectivity index (χ2v) is 10.6. The van der Waals surface area contributed by atoms with E-state index in [4.69, 9.17) is 13.9 Å². The molecular formula is C23H19BrN2O8S. The molecule has 1 fully saturated rings. The summed E-state index contributed by atoms with van der Waals surface area (Å²) in [6, 6.07) is 7.47. The number of fused-ring (bicyclic) bond motifs is 2. The molecule has 12 heteroatoms. The summed E-state index contributed by atoms with van der Waals surface area (Å²) in [7, 11) is 0. The van der Waals surface area contributed by atoms with Gasteiger partial charge in [-0.1, -0.05) is 15.9 Å². The van der Waals surface area contributed by atoms with Gasteiger partial charge in [0.15, 0.2) is 10.4 Å². The number of rotatable bonds is 7. The Morgan fingerprint density at radius 3 is 2.74 bits per heavy atom. The number of amides is 1. The molecule has 3 aliphatic rings. The summed E-state index contributed by atoms with van der Waals surface area (Å²) >= 11 is 4.76. The van der Waals surface area contributed by atoms with Crippen LogP contribution in [-0.4, -0.2) is 37.4 Å². The molecule has 1 aliphatic carbocycles. The van der Waals surface area contributed by atoms with Crippen molar-refractivity contribution < 1.29 is 33.2 Å². The maximum atomic E-state index is 13.3. The van der Waals surface area contributed by atoms with E-state index < -0.39 is 38.6 Å². The number of nitrogens with zero attached hydrogens (tertiary/aromatic N) is 2. The van der Waals surface area contributed by atoms with Crippen molar-refractivity contribution in [3.63, 3.8) is 0 Å². The van der Waals surface area contributed by atoms with E-state index in [1.165, 1.54) is 53.3 Å². The Hall–Kier alpha value is -3.12. The van der Waals surface area contributed by atoms with Crippen molar-refractivity contribution in [2.24, 2.45) is 0 Å². The number of halogens is 1. The monoisotopic (exact) mass is 562 g/mol. The molecular weight excluding hydrogens is 544 g/mol. The SMILES string of the molecule is CC(=O)OC(c1cc2c(o1)CCC2)C1(Br)C(=O)N2C(C(=O)OCc3ccc([N+](=O)[O-])cc3)=CS[C@@H]21. The van der Waals surface area contributed by atoms with E-state index in [1.807, 2.05) is 6.07 Å². The molecule has 182 valence electrons. The summed E-state index contributed by atoms with van der Waals surface area (Å²) in [5.74, 6) is -0.486. The molecule has 35 heavy (non-hydrogen) atoms. The molecule has 3 heterocycles.